The van der Waals surface area contributed by atoms with Crippen LogP contribution in [0.5, 0.6) is 0 Å². The molecule has 28 heteroatoms. The van der Waals surface area contributed by atoms with Crippen LogP contribution in [-0.4, -0.2) is 169 Å². The van der Waals surface area contributed by atoms with E-state index in [1.54, 1.807) is 13.8 Å². The molecule has 1 heterocycles. The minimum atomic E-state index is -1.18. The van der Waals surface area contributed by atoms with Crippen LogP contribution in [0.15, 0.2) is 35.3 Å². The molecule has 0 saturated carbocycles. The van der Waals surface area contributed by atoms with E-state index in [2.05, 4.69) is 21.8 Å². The zero-order valence-corrected chi connectivity index (χ0v) is 37.7. The van der Waals surface area contributed by atoms with Crippen LogP contribution < -0.4 is 56.9 Å². The van der Waals surface area contributed by atoms with Crippen LogP contribution in [-0.2, 0) is 44.8 Å². The monoisotopic (exact) mass is 958 g/mol. The molecule has 0 bridgehead atoms. The number of aliphatic carboxylic acids is 8. The summed E-state index contributed by atoms with van der Waals surface area (Å²) < 4.78 is 0. The molecule has 1 aliphatic heterocycles. The minimum absolute atomic E-state index is 0.0129. The predicted molar refractivity (Wildman–Crippen MR) is 242 cm³/mol. The Morgan fingerprint density at radius 2 is 1.11 bits per heavy atom. The molecule has 0 unspecified atom stereocenters. The average Bonchev–Trinajstić information content (AvgIpc) is 3.81. The number of carboxylic acids is 8. The number of guanidine groups is 1. The predicted octanol–water partition coefficient (Wildman–Crippen LogP) is -4.14. The van der Waals surface area contributed by atoms with Gasteiger partial charge in [-0.25, -0.2) is 0 Å². The van der Waals surface area contributed by atoms with E-state index in [4.69, 9.17) is 86.1 Å². The molecule has 7 atom stereocenters. The van der Waals surface area contributed by atoms with E-state index in [9.17, 15) is 38.4 Å². The van der Waals surface area contributed by atoms with Crippen LogP contribution in [0.25, 0.3) is 0 Å². The van der Waals surface area contributed by atoms with Crippen molar-refractivity contribution < 1.29 is 84.3 Å². The van der Waals surface area contributed by atoms with Crippen molar-refractivity contribution in [2.24, 2.45) is 68.4 Å². The molecule has 0 aromatic heterocycles. The first-order chi connectivity index (χ1) is 30.4. The molecule has 1 aliphatic rings. The summed E-state index contributed by atoms with van der Waals surface area (Å²) in [6.45, 7) is 7.53. The third kappa shape index (κ3) is 52.2. The summed E-state index contributed by atoms with van der Waals surface area (Å²) in [5, 5.41) is 75.8. The van der Waals surface area contributed by atoms with Crippen molar-refractivity contribution in [2.75, 3.05) is 32.8 Å². The summed E-state index contributed by atoms with van der Waals surface area (Å²) in [6.07, 6.45) is 3.94. The standard InChI is InChI=1S/C9H11NO2.C6H14N4O2.C6H13NO2.C5H9NO2.C5H11NO2.C3H7NO3.2C2H5NO2/c10-8(9(11)12)6-7-4-2-1-3-5-7;7-4(5(11)12)2-1-3-10-6(8)9;1-3-4(2)5(7)6(8)9;7-5(8)4-2-1-3-6-4;1-3(2)4(6)5(7)8;4-2(1-5)3(6)7;2*3-1-2(4)5/h1-5,8H,6,10H2,(H,11,12);4H,1-3,7H2,(H,11,12)(H4,8,9,10);4-5H,3,7H2,1-2H3,(H,8,9);4,6H,1-3H2,(H,7,8);3-4H,6H2,1-2H3,(H,7,8);2,5H,1,4H2,(H,6,7);2*1,3H2,(H,4,5)/t8-;4-;4-,5-;2*4-;2-;;/m000000../s1. The van der Waals surface area contributed by atoms with E-state index < -0.39 is 84.6 Å². The summed E-state index contributed by atoms with van der Waals surface area (Å²) in [5.41, 5.74) is 46.0. The fourth-order valence-corrected chi connectivity index (χ4v) is 3.35. The Bertz CT molecular complexity index is 1490. The Morgan fingerprint density at radius 3 is 1.32 bits per heavy atom. The number of aliphatic hydroxyl groups excluding tert-OH is 1. The highest BCUT2D eigenvalue weighted by atomic mass is 16.4. The number of hydrogen-bond donors (Lipinski definition) is 19. The van der Waals surface area contributed by atoms with E-state index in [0.717, 1.165) is 31.4 Å². The van der Waals surface area contributed by atoms with Gasteiger partial charge in [0, 0.05) is 6.54 Å². The number of nitrogens with zero attached hydrogens (tertiary/aromatic N) is 1. The number of aliphatic imine (C=N–C) groups is 1. The van der Waals surface area contributed by atoms with Gasteiger partial charge in [0.25, 0.3) is 0 Å². The number of aliphatic hydroxyl groups is 1. The van der Waals surface area contributed by atoms with E-state index >= 15 is 0 Å². The molecule has 28 N–H and O–H groups in total. The van der Waals surface area contributed by atoms with Gasteiger partial charge in [-0.1, -0.05) is 64.4 Å². The smallest absolute Gasteiger partial charge is 0.322 e. The third-order valence-electron chi connectivity index (χ3n) is 7.67. The number of carbonyl (C=O) groups is 8. The van der Waals surface area contributed by atoms with Gasteiger partial charge in [-0.2, -0.15) is 0 Å². The fraction of sp³-hybridized carbons (Fsp3) is 0.605. The number of benzene rings is 1. The molecule has 1 aromatic rings. The van der Waals surface area contributed by atoms with Crippen molar-refractivity contribution in [1.29, 1.82) is 0 Å². The molecule has 2 rings (SSSR count). The molecular formula is C38H75N11O17. The second-order valence-corrected chi connectivity index (χ2v) is 13.7. The van der Waals surface area contributed by atoms with Crippen molar-refractivity contribution in [1.82, 2.24) is 5.32 Å². The minimum Gasteiger partial charge on any atom is -0.480 e. The van der Waals surface area contributed by atoms with Gasteiger partial charge in [0.15, 0.2) is 5.96 Å². The van der Waals surface area contributed by atoms with Crippen LogP contribution in [0.3, 0.4) is 0 Å². The molecule has 384 valence electrons. The Labute approximate surface area is 382 Å². The van der Waals surface area contributed by atoms with Gasteiger partial charge in [-0.3, -0.25) is 43.3 Å². The molecule has 0 aliphatic carbocycles. The number of nitrogens with two attached hydrogens (primary N) is 9. The summed E-state index contributed by atoms with van der Waals surface area (Å²) in [7, 11) is 0. The molecule has 0 spiro atoms. The molecule has 66 heavy (non-hydrogen) atoms. The van der Waals surface area contributed by atoms with Crippen molar-refractivity contribution >= 4 is 53.7 Å². The van der Waals surface area contributed by atoms with Crippen LogP contribution in [0, 0.1) is 11.8 Å². The maximum atomic E-state index is 10.4. The lowest BCUT2D eigenvalue weighted by Crippen LogP contribution is -2.36. The summed E-state index contributed by atoms with van der Waals surface area (Å²) in [6, 6.07) is 4.92. The van der Waals surface area contributed by atoms with E-state index in [1.807, 2.05) is 44.2 Å². The summed E-state index contributed by atoms with van der Waals surface area (Å²) in [5.74, 6) is -7.53. The summed E-state index contributed by atoms with van der Waals surface area (Å²) in [4.78, 5) is 82.7. The SMILES string of the molecule is CC(C)[C@H](N)C(=O)O.CC[C@H](C)[C@H](N)C(=O)O.NC(N)=NCCC[C@H](N)C(=O)O.NCC(=O)O.NCC(=O)O.N[C@@H](CO)C(=O)O.N[C@@H](Cc1ccccc1)C(=O)O.O=C(O)[C@@H]1CCCN1. The van der Waals surface area contributed by atoms with Crippen LogP contribution >= 0.6 is 0 Å². The van der Waals surface area contributed by atoms with Gasteiger partial charge in [0.05, 0.1) is 19.7 Å². The fourth-order valence-electron chi connectivity index (χ4n) is 3.35. The second kappa shape index (κ2) is 45.5. The topological polar surface area (TPSA) is 577 Å². The zero-order chi connectivity index (χ0) is 53.1. The quantitative estimate of drug-likeness (QED) is 0.0377. The van der Waals surface area contributed by atoms with E-state index in [1.165, 1.54) is 0 Å². The first-order valence-corrected chi connectivity index (χ1v) is 19.8. The highest BCUT2D eigenvalue weighted by Crippen LogP contribution is 2.05. The normalized spacial score (nSPS) is 14.4. The van der Waals surface area contributed by atoms with E-state index in [0.29, 0.717) is 25.8 Å². The van der Waals surface area contributed by atoms with Gasteiger partial charge in [-0.05, 0) is 56.0 Å². The van der Waals surface area contributed by atoms with Gasteiger partial charge >= 0.3 is 47.8 Å². The second-order valence-electron chi connectivity index (χ2n) is 13.7. The maximum Gasteiger partial charge on any atom is 0.322 e. The lowest BCUT2D eigenvalue weighted by atomic mass is 10.0. The number of carboxylic acid groups (broad SMARTS) is 8. The lowest BCUT2D eigenvalue weighted by Gasteiger charge is -2.11. The molecule has 28 nitrogen and oxygen atoms in total. The van der Waals surface area contributed by atoms with E-state index in [-0.39, 0.29) is 36.9 Å². The lowest BCUT2D eigenvalue weighted by molar-refractivity contribution is -0.140. The zero-order valence-electron chi connectivity index (χ0n) is 37.7. The van der Waals surface area contributed by atoms with Crippen molar-refractivity contribution in [3.8, 4) is 0 Å². The Kier molecular flexibility index (Phi) is 49.3. The van der Waals surface area contributed by atoms with Gasteiger partial charge in [0.1, 0.15) is 36.3 Å². The summed E-state index contributed by atoms with van der Waals surface area (Å²) >= 11 is 0. The molecule has 0 radical (unpaired) electrons. The van der Waals surface area contributed by atoms with Crippen molar-refractivity contribution in [3.05, 3.63) is 35.9 Å². The molecule has 0 amide bonds. The van der Waals surface area contributed by atoms with Crippen LogP contribution in [0.4, 0.5) is 0 Å². The average molecular weight is 958 g/mol. The molecular weight excluding hydrogens is 882 g/mol. The van der Waals surface area contributed by atoms with Crippen LogP contribution in [0.1, 0.15) is 65.4 Å². The van der Waals surface area contributed by atoms with Gasteiger partial charge in [-0.15, -0.1) is 0 Å². The van der Waals surface area contributed by atoms with Crippen molar-refractivity contribution in [3.63, 3.8) is 0 Å². The first-order valence-electron chi connectivity index (χ1n) is 19.8. The Balaban J connectivity index is -0.000000159. The van der Waals surface area contributed by atoms with Crippen molar-refractivity contribution in [2.45, 2.75) is 102 Å². The molecule has 1 saturated heterocycles. The number of nitrogens with one attached hydrogen (secondary N) is 1. The number of hydrogen-bond acceptors (Lipinski definition) is 18. The first kappa shape index (κ1) is 71.5. The van der Waals surface area contributed by atoms with Crippen LogP contribution in [0.2, 0.25) is 0 Å². The van der Waals surface area contributed by atoms with Gasteiger partial charge in [0.2, 0.25) is 0 Å². The third-order valence-corrected chi connectivity index (χ3v) is 7.67. The van der Waals surface area contributed by atoms with Gasteiger partial charge < -0.3 is 103 Å². The maximum absolute atomic E-state index is 10.4. The highest BCUT2D eigenvalue weighted by Gasteiger charge is 2.20. The molecule has 1 aromatic carbocycles. The Morgan fingerprint density at radius 1 is 0.682 bits per heavy atom. The number of rotatable bonds is 18. The Hall–Kier alpha value is -6.11. The largest absolute Gasteiger partial charge is 0.480 e. The highest BCUT2D eigenvalue weighted by molar-refractivity contribution is 5.76. The molecule has 1 fully saturated rings.